The van der Waals surface area contributed by atoms with Crippen LogP contribution in [0.4, 0.5) is 13.2 Å². The molecular formula is C18H25F3N4O2. The summed E-state index contributed by atoms with van der Waals surface area (Å²) >= 11 is 0. The van der Waals surface area contributed by atoms with Crippen LogP contribution in [-0.4, -0.2) is 56.1 Å². The smallest absolute Gasteiger partial charge is 0.416 e. The van der Waals surface area contributed by atoms with Crippen LogP contribution >= 0.6 is 0 Å². The fourth-order valence-electron chi connectivity index (χ4n) is 2.82. The average Bonchev–Trinajstić information content (AvgIpc) is 3.11. The second-order valence-corrected chi connectivity index (χ2v) is 6.20. The fraction of sp³-hybridized carbons (Fsp3) is 0.556. The Morgan fingerprint density at radius 3 is 2.85 bits per heavy atom. The standard InChI is InChI=1S/C18H25F3N4O2/c1-3-16(26)25-9-7-14(12-25)24-17(22-2)23-8-10-27-15-6-4-5-13(11-15)18(19,20)21/h4-6,11,14H,3,7-10,12H2,1-2H3,(H2,22,23,24). The van der Waals surface area contributed by atoms with Crippen molar-refractivity contribution in [2.75, 3.05) is 33.3 Å². The molecular weight excluding hydrogens is 361 g/mol. The van der Waals surface area contributed by atoms with Crippen molar-refractivity contribution in [3.8, 4) is 5.75 Å². The number of benzene rings is 1. The van der Waals surface area contributed by atoms with Gasteiger partial charge < -0.3 is 20.3 Å². The topological polar surface area (TPSA) is 66.0 Å². The maximum atomic E-state index is 12.7. The zero-order chi connectivity index (χ0) is 19.9. The molecule has 0 bridgehead atoms. The molecule has 1 aromatic carbocycles. The predicted molar refractivity (Wildman–Crippen MR) is 96.7 cm³/mol. The second-order valence-electron chi connectivity index (χ2n) is 6.20. The highest BCUT2D eigenvalue weighted by Gasteiger charge is 2.30. The molecule has 6 nitrogen and oxygen atoms in total. The number of hydrogen-bond donors (Lipinski definition) is 2. The number of guanidine groups is 1. The van der Waals surface area contributed by atoms with Crippen molar-refractivity contribution in [3.05, 3.63) is 29.8 Å². The Balaban J connectivity index is 1.74. The lowest BCUT2D eigenvalue weighted by atomic mass is 10.2. The van der Waals surface area contributed by atoms with E-state index in [0.717, 1.165) is 25.1 Å². The highest BCUT2D eigenvalue weighted by atomic mass is 19.4. The van der Waals surface area contributed by atoms with Gasteiger partial charge in [-0.1, -0.05) is 13.0 Å². The number of nitrogens with zero attached hydrogens (tertiary/aromatic N) is 2. The number of hydrogen-bond acceptors (Lipinski definition) is 3. The number of carbonyl (C=O) groups is 1. The van der Waals surface area contributed by atoms with Crippen LogP contribution in [0.5, 0.6) is 5.75 Å². The first kappa shape index (κ1) is 20.9. The van der Waals surface area contributed by atoms with Crippen LogP contribution in [0.15, 0.2) is 29.3 Å². The molecule has 1 unspecified atom stereocenters. The Labute approximate surface area is 156 Å². The number of aliphatic imine (C=N–C) groups is 1. The predicted octanol–water partition coefficient (Wildman–Crippen LogP) is 2.26. The summed E-state index contributed by atoms with van der Waals surface area (Å²) in [6, 6.07) is 4.90. The van der Waals surface area contributed by atoms with E-state index in [2.05, 4.69) is 15.6 Å². The van der Waals surface area contributed by atoms with Gasteiger partial charge in [0.1, 0.15) is 12.4 Å². The summed E-state index contributed by atoms with van der Waals surface area (Å²) in [5.74, 6) is 0.870. The molecule has 2 rings (SSSR count). The molecule has 0 radical (unpaired) electrons. The molecule has 0 aromatic heterocycles. The van der Waals surface area contributed by atoms with Gasteiger partial charge >= 0.3 is 6.18 Å². The minimum Gasteiger partial charge on any atom is -0.492 e. The van der Waals surface area contributed by atoms with Gasteiger partial charge in [-0.3, -0.25) is 9.79 Å². The van der Waals surface area contributed by atoms with E-state index in [4.69, 9.17) is 4.74 Å². The average molecular weight is 386 g/mol. The van der Waals surface area contributed by atoms with E-state index >= 15 is 0 Å². The Bertz CT molecular complexity index is 664. The third-order valence-corrected chi connectivity index (χ3v) is 4.23. The van der Waals surface area contributed by atoms with E-state index < -0.39 is 11.7 Å². The van der Waals surface area contributed by atoms with Crippen molar-refractivity contribution < 1.29 is 22.7 Å². The monoisotopic (exact) mass is 386 g/mol. The summed E-state index contributed by atoms with van der Waals surface area (Å²) in [7, 11) is 1.63. The van der Waals surface area contributed by atoms with E-state index in [1.807, 2.05) is 11.8 Å². The zero-order valence-corrected chi connectivity index (χ0v) is 15.5. The highest BCUT2D eigenvalue weighted by Crippen LogP contribution is 2.31. The number of carbonyl (C=O) groups excluding carboxylic acids is 1. The van der Waals surface area contributed by atoms with E-state index in [9.17, 15) is 18.0 Å². The summed E-state index contributed by atoms with van der Waals surface area (Å²) < 4.78 is 43.4. The van der Waals surface area contributed by atoms with Gasteiger partial charge in [-0.2, -0.15) is 13.2 Å². The minimum absolute atomic E-state index is 0.121. The van der Waals surface area contributed by atoms with E-state index in [-0.39, 0.29) is 24.3 Å². The van der Waals surface area contributed by atoms with Crippen molar-refractivity contribution >= 4 is 11.9 Å². The van der Waals surface area contributed by atoms with Gasteiger partial charge in [0.05, 0.1) is 12.1 Å². The summed E-state index contributed by atoms with van der Waals surface area (Å²) in [6.07, 6.45) is -3.06. The molecule has 0 saturated carbocycles. The van der Waals surface area contributed by atoms with Gasteiger partial charge in [-0.05, 0) is 24.6 Å². The lowest BCUT2D eigenvalue weighted by Gasteiger charge is -2.19. The molecule has 1 amide bonds. The van der Waals surface area contributed by atoms with Gasteiger partial charge in [0.25, 0.3) is 0 Å². The zero-order valence-electron chi connectivity index (χ0n) is 15.5. The molecule has 9 heteroatoms. The number of rotatable bonds is 6. The maximum Gasteiger partial charge on any atom is 0.416 e. The van der Waals surface area contributed by atoms with Crippen LogP contribution in [-0.2, 0) is 11.0 Å². The van der Waals surface area contributed by atoms with Crippen molar-refractivity contribution in [1.82, 2.24) is 15.5 Å². The first-order valence-electron chi connectivity index (χ1n) is 8.88. The number of likely N-dealkylation sites (tertiary alicyclic amines) is 1. The molecule has 2 N–H and O–H groups in total. The fourth-order valence-corrected chi connectivity index (χ4v) is 2.82. The quantitative estimate of drug-likeness (QED) is 0.447. The molecule has 27 heavy (non-hydrogen) atoms. The SMILES string of the molecule is CCC(=O)N1CCC(NC(=NC)NCCOc2cccc(C(F)(F)F)c2)C1. The van der Waals surface area contributed by atoms with Gasteiger partial charge in [-0.15, -0.1) is 0 Å². The van der Waals surface area contributed by atoms with Crippen LogP contribution in [0.2, 0.25) is 0 Å². The third kappa shape index (κ3) is 6.33. The normalized spacial score (nSPS) is 17.7. The van der Waals surface area contributed by atoms with Crippen molar-refractivity contribution in [3.63, 3.8) is 0 Å². The van der Waals surface area contributed by atoms with Crippen molar-refractivity contribution in [1.29, 1.82) is 0 Å². The Kier molecular flexibility index (Phi) is 7.32. The lowest BCUT2D eigenvalue weighted by Crippen LogP contribution is -2.46. The van der Waals surface area contributed by atoms with E-state index in [1.165, 1.54) is 12.1 Å². The van der Waals surface area contributed by atoms with Gasteiger partial charge in [-0.25, -0.2) is 0 Å². The van der Waals surface area contributed by atoms with Gasteiger partial charge in [0, 0.05) is 32.6 Å². The molecule has 1 aromatic rings. The van der Waals surface area contributed by atoms with Gasteiger partial charge in [0.2, 0.25) is 5.91 Å². The molecule has 1 saturated heterocycles. The molecule has 1 heterocycles. The van der Waals surface area contributed by atoms with Crippen LogP contribution in [0, 0.1) is 0 Å². The lowest BCUT2D eigenvalue weighted by molar-refractivity contribution is -0.137. The molecule has 1 fully saturated rings. The highest BCUT2D eigenvalue weighted by molar-refractivity contribution is 5.80. The molecule has 0 spiro atoms. The molecule has 0 aliphatic carbocycles. The maximum absolute atomic E-state index is 12.7. The molecule has 150 valence electrons. The third-order valence-electron chi connectivity index (χ3n) is 4.23. The number of ether oxygens (including phenoxy) is 1. The van der Waals surface area contributed by atoms with Gasteiger partial charge in [0.15, 0.2) is 5.96 Å². The van der Waals surface area contributed by atoms with Crippen molar-refractivity contribution in [2.24, 2.45) is 4.99 Å². The summed E-state index contributed by atoms with van der Waals surface area (Å²) in [5.41, 5.74) is -0.738. The van der Waals surface area contributed by atoms with E-state index in [1.54, 1.807) is 7.05 Å². The molecule has 1 aliphatic rings. The summed E-state index contributed by atoms with van der Waals surface area (Å²) in [5, 5.41) is 6.30. The molecule has 1 atom stereocenters. The number of nitrogens with one attached hydrogen (secondary N) is 2. The minimum atomic E-state index is -4.39. The van der Waals surface area contributed by atoms with E-state index in [0.29, 0.717) is 25.5 Å². The summed E-state index contributed by atoms with van der Waals surface area (Å²) in [4.78, 5) is 17.7. The van der Waals surface area contributed by atoms with Crippen LogP contribution in [0.1, 0.15) is 25.3 Å². The number of halogens is 3. The Hall–Kier alpha value is -2.45. The number of alkyl halides is 3. The Morgan fingerprint density at radius 2 is 2.19 bits per heavy atom. The number of amides is 1. The van der Waals surface area contributed by atoms with Crippen molar-refractivity contribution in [2.45, 2.75) is 32.0 Å². The largest absolute Gasteiger partial charge is 0.492 e. The first-order valence-corrected chi connectivity index (χ1v) is 8.88. The van der Waals surface area contributed by atoms with Crippen LogP contribution in [0.3, 0.4) is 0 Å². The van der Waals surface area contributed by atoms with Crippen LogP contribution < -0.4 is 15.4 Å². The first-order chi connectivity index (χ1) is 12.8. The molecule has 1 aliphatic heterocycles. The second kappa shape index (κ2) is 9.48. The summed E-state index contributed by atoms with van der Waals surface area (Å²) in [6.45, 7) is 3.76. The Morgan fingerprint density at radius 1 is 1.41 bits per heavy atom. The van der Waals surface area contributed by atoms with Crippen LogP contribution in [0.25, 0.3) is 0 Å².